The molecule has 3 heterocycles. The van der Waals surface area contributed by atoms with Gasteiger partial charge >= 0.3 is 0 Å². The van der Waals surface area contributed by atoms with Crippen molar-refractivity contribution >= 4 is 5.65 Å². The van der Waals surface area contributed by atoms with Crippen LogP contribution in [0.2, 0.25) is 0 Å². The number of ether oxygens (including phenoxy) is 1. The molecule has 0 N–H and O–H groups in total. The van der Waals surface area contributed by atoms with Crippen molar-refractivity contribution in [3.63, 3.8) is 0 Å². The molecule has 2 aromatic heterocycles. The van der Waals surface area contributed by atoms with Crippen molar-refractivity contribution in [2.45, 2.75) is 32.6 Å². The average Bonchev–Trinajstić information content (AvgIpc) is 3.10. The van der Waals surface area contributed by atoms with Crippen LogP contribution >= 0.6 is 0 Å². The quantitative estimate of drug-likeness (QED) is 0.611. The highest BCUT2D eigenvalue weighted by Gasteiger charge is 2.09. The Kier molecular flexibility index (Phi) is 5.21. The number of hydrogen-bond donors (Lipinski definition) is 0. The molecule has 1 aliphatic heterocycles. The van der Waals surface area contributed by atoms with Crippen molar-refractivity contribution in [3.05, 3.63) is 54.4 Å². The molecule has 0 amide bonds. The zero-order chi connectivity index (χ0) is 17.8. The summed E-state index contributed by atoms with van der Waals surface area (Å²) in [7, 11) is 0. The Morgan fingerprint density at radius 3 is 2.85 bits per heavy atom. The van der Waals surface area contributed by atoms with Crippen molar-refractivity contribution in [2.24, 2.45) is 0 Å². The standard InChI is InChI=1S/C22H27N3O/c1-18-9-13-25-17-21(23-22(25)15-18)19-7-5-8-20(16-19)26-14-6-12-24-10-3-2-4-11-24/h5,7-9,13,15-17H,2-4,6,10-12,14H2,1H3. The lowest BCUT2D eigenvalue weighted by atomic mass is 10.1. The zero-order valence-corrected chi connectivity index (χ0v) is 15.5. The molecule has 0 radical (unpaired) electrons. The van der Waals surface area contributed by atoms with Crippen LogP contribution in [-0.2, 0) is 0 Å². The summed E-state index contributed by atoms with van der Waals surface area (Å²) in [5.41, 5.74) is 4.28. The number of likely N-dealkylation sites (tertiary alicyclic amines) is 1. The third kappa shape index (κ3) is 4.07. The summed E-state index contributed by atoms with van der Waals surface area (Å²) >= 11 is 0. The van der Waals surface area contributed by atoms with E-state index in [1.807, 2.05) is 12.1 Å². The van der Waals surface area contributed by atoms with Crippen LogP contribution in [0.1, 0.15) is 31.2 Å². The van der Waals surface area contributed by atoms with Gasteiger partial charge in [-0.1, -0.05) is 18.6 Å². The summed E-state index contributed by atoms with van der Waals surface area (Å²) < 4.78 is 8.06. The lowest BCUT2D eigenvalue weighted by Crippen LogP contribution is -2.31. The van der Waals surface area contributed by atoms with Gasteiger partial charge in [-0.15, -0.1) is 0 Å². The minimum atomic E-state index is 0.768. The molecule has 4 rings (SSSR count). The third-order valence-corrected chi connectivity index (χ3v) is 5.08. The van der Waals surface area contributed by atoms with E-state index < -0.39 is 0 Å². The largest absolute Gasteiger partial charge is 0.494 e. The Morgan fingerprint density at radius 1 is 1.08 bits per heavy atom. The molecule has 1 aliphatic rings. The molecule has 1 fully saturated rings. The molecule has 136 valence electrons. The van der Waals surface area contributed by atoms with Crippen molar-refractivity contribution < 1.29 is 4.74 Å². The normalized spacial score (nSPS) is 15.4. The van der Waals surface area contributed by atoms with Crippen LogP contribution in [0.25, 0.3) is 16.9 Å². The SMILES string of the molecule is Cc1ccn2cc(-c3cccc(OCCCN4CCCCC4)c3)nc2c1. The second-order valence-corrected chi connectivity index (χ2v) is 7.23. The van der Waals surface area contributed by atoms with E-state index in [9.17, 15) is 0 Å². The highest BCUT2D eigenvalue weighted by atomic mass is 16.5. The van der Waals surface area contributed by atoms with E-state index >= 15 is 0 Å². The van der Waals surface area contributed by atoms with Gasteiger partial charge in [-0.25, -0.2) is 4.98 Å². The fraction of sp³-hybridized carbons (Fsp3) is 0.409. The highest BCUT2D eigenvalue weighted by molar-refractivity contribution is 5.64. The summed E-state index contributed by atoms with van der Waals surface area (Å²) in [5.74, 6) is 0.925. The number of benzene rings is 1. The Hall–Kier alpha value is -2.33. The summed E-state index contributed by atoms with van der Waals surface area (Å²) in [6, 6.07) is 12.5. The van der Waals surface area contributed by atoms with Crippen LogP contribution in [0, 0.1) is 6.92 Å². The smallest absolute Gasteiger partial charge is 0.137 e. The molecule has 4 heteroatoms. The van der Waals surface area contributed by atoms with Crippen molar-refractivity contribution in [1.82, 2.24) is 14.3 Å². The van der Waals surface area contributed by atoms with E-state index in [-0.39, 0.29) is 0 Å². The molecule has 0 aliphatic carbocycles. The van der Waals surface area contributed by atoms with E-state index in [0.29, 0.717) is 0 Å². The molecule has 0 saturated carbocycles. The van der Waals surface area contributed by atoms with E-state index in [2.05, 4.69) is 52.9 Å². The fourth-order valence-electron chi connectivity index (χ4n) is 3.63. The maximum atomic E-state index is 5.99. The lowest BCUT2D eigenvalue weighted by Gasteiger charge is -2.26. The van der Waals surface area contributed by atoms with Gasteiger partial charge in [0.25, 0.3) is 0 Å². The number of rotatable bonds is 6. The predicted octanol–water partition coefficient (Wildman–Crippen LogP) is 4.56. The lowest BCUT2D eigenvalue weighted by molar-refractivity contribution is 0.205. The minimum Gasteiger partial charge on any atom is -0.494 e. The topological polar surface area (TPSA) is 29.8 Å². The molecule has 0 spiro atoms. The van der Waals surface area contributed by atoms with Crippen LogP contribution in [0.5, 0.6) is 5.75 Å². The number of imidazole rings is 1. The summed E-state index contributed by atoms with van der Waals surface area (Å²) in [5, 5.41) is 0. The van der Waals surface area contributed by atoms with E-state index in [0.717, 1.165) is 42.2 Å². The Balaban J connectivity index is 1.37. The second kappa shape index (κ2) is 7.92. The van der Waals surface area contributed by atoms with Crippen LogP contribution in [0.3, 0.4) is 0 Å². The molecular formula is C22H27N3O. The van der Waals surface area contributed by atoms with Crippen molar-refractivity contribution in [1.29, 1.82) is 0 Å². The van der Waals surface area contributed by atoms with Gasteiger partial charge in [-0.05, 0) is 69.1 Å². The Bertz CT molecular complexity index is 865. The number of nitrogens with zero attached hydrogens (tertiary/aromatic N) is 3. The first kappa shape index (κ1) is 17.1. The first-order valence-electron chi connectivity index (χ1n) is 9.69. The number of aryl methyl sites for hydroxylation is 1. The zero-order valence-electron chi connectivity index (χ0n) is 15.5. The first-order chi connectivity index (χ1) is 12.8. The van der Waals surface area contributed by atoms with Gasteiger partial charge in [0.05, 0.1) is 12.3 Å². The molecule has 0 atom stereocenters. The predicted molar refractivity (Wildman–Crippen MR) is 106 cm³/mol. The monoisotopic (exact) mass is 349 g/mol. The molecule has 3 aromatic rings. The summed E-state index contributed by atoms with van der Waals surface area (Å²) in [6.45, 7) is 6.51. The number of hydrogen-bond acceptors (Lipinski definition) is 3. The van der Waals surface area contributed by atoms with E-state index in [4.69, 9.17) is 9.72 Å². The maximum absolute atomic E-state index is 5.99. The van der Waals surface area contributed by atoms with E-state index in [1.165, 1.54) is 37.9 Å². The molecule has 26 heavy (non-hydrogen) atoms. The van der Waals surface area contributed by atoms with E-state index in [1.54, 1.807) is 0 Å². The average molecular weight is 349 g/mol. The number of piperidine rings is 1. The Morgan fingerprint density at radius 2 is 1.96 bits per heavy atom. The van der Waals surface area contributed by atoms with Gasteiger partial charge in [0.15, 0.2) is 0 Å². The molecular weight excluding hydrogens is 322 g/mol. The van der Waals surface area contributed by atoms with Gasteiger partial charge in [-0.2, -0.15) is 0 Å². The van der Waals surface area contributed by atoms with Crippen LogP contribution < -0.4 is 4.74 Å². The van der Waals surface area contributed by atoms with Gasteiger partial charge in [0.2, 0.25) is 0 Å². The van der Waals surface area contributed by atoms with Gasteiger partial charge in [0.1, 0.15) is 11.4 Å². The number of pyridine rings is 1. The molecule has 0 bridgehead atoms. The second-order valence-electron chi connectivity index (χ2n) is 7.23. The van der Waals surface area contributed by atoms with Crippen molar-refractivity contribution in [2.75, 3.05) is 26.2 Å². The molecule has 1 aromatic carbocycles. The van der Waals surface area contributed by atoms with Crippen LogP contribution in [-0.4, -0.2) is 40.5 Å². The fourth-order valence-corrected chi connectivity index (χ4v) is 3.63. The first-order valence-corrected chi connectivity index (χ1v) is 9.69. The summed E-state index contributed by atoms with van der Waals surface area (Å²) in [4.78, 5) is 7.30. The maximum Gasteiger partial charge on any atom is 0.137 e. The van der Waals surface area contributed by atoms with Crippen molar-refractivity contribution in [3.8, 4) is 17.0 Å². The number of fused-ring (bicyclic) bond motifs is 1. The Labute approximate surface area is 155 Å². The van der Waals surface area contributed by atoms with Gasteiger partial charge in [-0.3, -0.25) is 0 Å². The molecule has 1 saturated heterocycles. The van der Waals surface area contributed by atoms with Gasteiger partial charge in [0, 0.05) is 24.5 Å². The van der Waals surface area contributed by atoms with Crippen LogP contribution in [0.15, 0.2) is 48.8 Å². The minimum absolute atomic E-state index is 0.768. The third-order valence-electron chi connectivity index (χ3n) is 5.08. The highest BCUT2D eigenvalue weighted by Crippen LogP contribution is 2.24. The van der Waals surface area contributed by atoms with Gasteiger partial charge < -0.3 is 14.0 Å². The molecule has 4 nitrogen and oxygen atoms in total. The molecule has 0 unspecified atom stereocenters. The van der Waals surface area contributed by atoms with Crippen LogP contribution in [0.4, 0.5) is 0 Å². The number of aromatic nitrogens is 2. The summed E-state index contributed by atoms with van der Waals surface area (Å²) in [6.07, 6.45) is 9.30.